The van der Waals surface area contributed by atoms with Gasteiger partial charge in [-0.05, 0) is 6.42 Å². The normalized spacial score (nSPS) is 16.3. The van der Waals surface area contributed by atoms with Crippen LogP contribution in [0.2, 0.25) is 0 Å². The van der Waals surface area contributed by atoms with Crippen molar-refractivity contribution in [2.45, 2.75) is 19.8 Å². The summed E-state index contributed by atoms with van der Waals surface area (Å²) in [7, 11) is 0. The van der Waals surface area contributed by atoms with E-state index in [4.69, 9.17) is 4.74 Å². The Labute approximate surface area is 56.1 Å². The SMILES string of the molecule is CCCCN1C=COC1. The Morgan fingerprint density at radius 3 is 3.11 bits per heavy atom. The summed E-state index contributed by atoms with van der Waals surface area (Å²) in [6.07, 6.45) is 6.25. The number of hydrogen-bond acceptors (Lipinski definition) is 2. The summed E-state index contributed by atoms with van der Waals surface area (Å²) in [6, 6.07) is 0. The first-order chi connectivity index (χ1) is 4.43. The highest BCUT2D eigenvalue weighted by molar-refractivity contribution is 4.79. The average Bonchev–Trinajstić information content (AvgIpc) is 2.34. The molecule has 0 radical (unpaired) electrons. The van der Waals surface area contributed by atoms with Gasteiger partial charge < -0.3 is 9.64 Å². The molecule has 1 heterocycles. The van der Waals surface area contributed by atoms with E-state index < -0.39 is 0 Å². The predicted octanol–water partition coefficient (Wildman–Crippen LogP) is 1.55. The van der Waals surface area contributed by atoms with Gasteiger partial charge in [0.1, 0.15) is 6.26 Å². The summed E-state index contributed by atoms with van der Waals surface area (Å²) >= 11 is 0. The fourth-order valence-corrected chi connectivity index (χ4v) is 0.811. The minimum atomic E-state index is 0.750. The zero-order valence-electron chi connectivity index (χ0n) is 5.84. The fourth-order valence-electron chi connectivity index (χ4n) is 0.811. The van der Waals surface area contributed by atoms with Crippen LogP contribution in [0.3, 0.4) is 0 Å². The molecule has 9 heavy (non-hydrogen) atoms. The molecule has 0 unspecified atom stereocenters. The zero-order chi connectivity index (χ0) is 6.53. The number of nitrogens with zero attached hydrogens (tertiary/aromatic N) is 1. The van der Waals surface area contributed by atoms with Crippen molar-refractivity contribution in [3.63, 3.8) is 0 Å². The summed E-state index contributed by atoms with van der Waals surface area (Å²) in [5, 5.41) is 0. The topological polar surface area (TPSA) is 12.5 Å². The molecule has 1 aliphatic heterocycles. The van der Waals surface area contributed by atoms with Crippen molar-refractivity contribution in [1.82, 2.24) is 4.90 Å². The fraction of sp³-hybridized carbons (Fsp3) is 0.714. The molecule has 0 N–H and O–H groups in total. The van der Waals surface area contributed by atoms with Gasteiger partial charge >= 0.3 is 0 Å². The zero-order valence-corrected chi connectivity index (χ0v) is 5.84. The van der Waals surface area contributed by atoms with Crippen LogP contribution in [-0.2, 0) is 4.74 Å². The first-order valence-electron chi connectivity index (χ1n) is 3.46. The molecule has 0 spiro atoms. The second-order valence-electron chi connectivity index (χ2n) is 2.25. The molecule has 2 nitrogen and oxygen atoms in total. The van der Waals surface area contributed by atoms with Crippen molar-refractivity contribution in [1.29, 1.82) is 0 Å². The highest BCUT2D eigenvalue weighted by atomic mass is 16.5. The number of ether oxygens (including phenoxy) is 1. The molecule has 52 valence electrons. The predicted molar refractivity (Wildman–Crippen MR) is 36.7 cm³/mol. The second-order valence-corrected chi connectivity index (χ2v) is 2.25. The smallest absolute Gasteiger partial charge is 0.160 e. The maximum atomic E-state index is 5.00. The first kappa shape index (κ1) is 6.46. The summed E-state index contributed by atoms with van der Waals surface area (Å²) in [4.78, 5) is 2.17. The number of unbranched alkanes of at least 4 members (excludes halogenated alkanes) is 1. The van der Waals surface area contributed by atoms with E-state index in [1.807, 2.05) is 6.20 Å². The minimum Gasteiger partial charge on any atom is -0.479 e. The molecule has 0 aromatic rings. The molecular formula is C7H13NO. The third-order valence-electron chi connectivity index (χ3n) is 1.41. The van der Waals surface area contributed by atoms with Crippen molar-refractivity contribution >= 4 is 0 Å². The lowest BCUT2D eigenvalue weighted by Crippen LogP contribution is -2.15. The Balaban J connectivity index is 2.05. The van der Waals surface area contributed by atoms with Crippen molar-refractivity contribution in [2.24, 2.45) is 0 Å². The monoisotopic (exact) mass is 127 g/mol. The molecule has 1 rings (SSSR count). The maximum Gasteiger partial charge on any atom is 0.160 e. The molecule has 0 amide bonds. The third kappa shape index (κ3) is 1.96. The van der Waals surface area contributed by atoms with Crippen LogP contribution in [0.4, 0.5) is 0 Å². The summed E-state index contributed by atoms with van der Waals surface area (Å²) in [5.41, 5.74) is 0. The molecular weight excluding hydrogens is 114 g/mol. The molecule has 0 saturated carbocycles. The van der Waals surface area contributed by atoms with E-state index >= 15 is 0 Å². The molecule has 0 aromatic carbocycles. The van der Waals surface area contributed by atoms with E-state index in [1.165, 1.54) is 12.8 Å². The van der Waals surface area contributed by atoms with Crippen LogP contribution in [0, 0.1) is 0 Å². The molecule has 1 aliphatic rings. The lowest BCUT2D eigenvalue weighted by molar-refractivity contribution is 0.170. The molecule has 0 fully saturated rings. The van der Waals surface area contributed by atoms with Gasteiger partial charge in [0, 0.05) is 12.7 Å². The molecule has 0 saturated heterocycles. The van der Waals surface area contributed by atoms with E-state index in [0.29, 0.717) is 0 Å². The Bertz CT molecular complexity index is 101. The highest BCUT2D eigenvalue weighted by Crippen LogP contribution is 2.01. The van der Waals surface area contributed by atoms with Crippen molar-refractivity contribution in [3.8, 4) is 0 Å². The van der Waals surface area contributed by atoms with Crippen LogP contribution in [-0.4, -0.2) is 18.2 Å². The van der Waals surface area contributed by atoms with E-state index in [-0.39, 0.29) is 0 Å². The van der Waals surface area contributed by atoms with E-state index in [0.717, 1.165) is 13.3 Å². The Morgan fingerprint density at radius 2 is 2.56 bits per heavy atom. The molecule has 2 heteroatoms. The largest absolute Gasteiger partial charge is 0.479 e. The summed E-state index contributed by atoms with van der Waals surface area (Å²) in [6.45, 7) is 4.08. The lowest BCUT2D eigenvalue weighted by Gasteiger charge is -2.11. The number of hydrogen-bond donors (Lipinski definition) is 0. The van der Waals surface area contributed by atoms with E-state index in [1.54, 1.807) is 6.26 Å². The average molecular weight is 127 g/mol. The van der Waals surface area contributed by atoms with Crippen LogP contribution in [0.1, 0.15) is 19.8 Å². The molecule has 0 bridgehead atoms. The standard InChI is InChI=1S/C7H13NO/c1-2-3-4-8-5-6-9-7-8/h5-6H,2-4,7H2,1H3. The van der Waals surface area contributed by atoms with Gasteiger partial charge in [0.25, 0.3) is 0 Å². The van der Waals surface area contributed by atoms with Gasteiger partial charge in [-0.3, -0.25) is 0 Å². The van der Waals surface area contributed by atoms with Gasteiger partial charge in [0.2, 0.25) is 0 Å². The first-order valence-corrected chi connectivity index (χ1v) is 3.46. The van der Waals surface area contributed by atoms with Gasteiger partial charge in [-0.1, -0.05) is 13.3 Å². The second kappa shape index (κ2) is 3.38. The Kier molecular flexibility index (Phi) is 2.43. The Morgan fingerprint density at radius 1 is 1.67 bits per heavy atom. The minimum absolute atomic E-state index is 0.750. The van der Waals surface area contributed by atoms with Gasteiger partial charge in [0.05, 0.1) is 0 Å². The summed E-state index contributed by atoms with van der Waals surface area (Å²) in [5.74, 6) is 0. The van der Waals surface area contributed by atoms with Crippen LogP contribution in [0.25, 0.3) is 0 Å². The van der Waals surface area contributed by atoms with E-state index in [9.17, 15) is 0 Å². The quantitative estimate of drug-likeness (QED) is 0.570. The van der Waals surface area contributed by atoms with Crippen molar-refractivity contribution < 1.29 is 4.74 Å². The van der Waals surface area contributed by atoms with Crippen LogP contribution < -0.4 is 0 Å². The lowest BCUT2D eigenvalue weighted by atomic mass is 10.3. The van der Waals surface area contributed by atoms with Crippen LogP contribution in [0.5, 0.6) is 0 Å². The van der Waals surface area contributed by atoms with Gasteiger partial charge in [-0.15, -0.1) is 0 Å². The van der Waals surface area contributed by atoms with Crippen molar-refractivity contribution in [3.05, 3.63) is 12.5 Å². The van der Waals surface area contributed by atoms with Gasteiger partial charge in [-0.2, -0.15) is 0 Å². The molecule has 0 aliphatic carbocycles. The van der Waals surface area contributed by atoms with Crippen molar-refractivity contribution in [2.75, 3.05) is 13.3 Å². The summed E-state index contributed by atoms with van der Waals surface area (Å²) < 4.78 is 5.00. The van der Waals surface area contributed by atoms with E-state index in [2.05, 4.69) is 11.8 Å². The van der Waals surface area contributed by atoms with Crippen LogP contribution >= 0.6 is 0 Å². The Hall–Kier alpha value is -0.660. The third-order valence-corrected chi connectivity index (χ3v) is 1.41. The highest BCUT2D eigenvalue weighted by Gasteiger charge is 2.01. The van der Waals surface area contributed by atoms with Gasteiger partial charge in [0.15, 0.2) is 6.73 Å². The van der Waals surface area contributed by atoms with Gasteiger partial charge in [-0.25, -0.2) is 0 Å². The van der Waals surface area contributed by atoms with Crippen LogP contribution in [0.15, 0.2) is 12.5 Å². The maximum absolute atomic E-state index is 5.00. The molecule has 0 aromatic heterocycles. The molecule has 0 atom stereocenters. The number of rotatable bonds is 3.